The molecule has 0 unspecified atom stereocenters. The van der Waals surface area contributed by atoms with Gasteiger partial charge in [-0.15, -0.1) is 5.10 Å². The van der Waals surface area contributed by atoms with E-state index in [1.807, 2.05) is 63.4 Å². The first-order valence-electron chi connectivity index (χ1n) is 9.14. The molecule has 0 saturated heterocycles. The predicted molar refractivity (Wildman–Crippen MR) is 111 cm³/mol. The molecule has 7 heteroatoms. The fraction of sp³-hybridized carbons (Fsp3) is 0.333. The average Bonchev–Trinajstić information content (AvgIpc) is 3.03. The van der Waals surface area contributed by atoms with Crippen LogP contribution in [0.2, 0.25) is 0 Å². The van der Waals surface area contributed by atoms with Crippen LogP contribution in [0.1, 0.15) is 18.1 Å². The van der Waals surface area contributed by atoms with E-state index in [1.54, 1.807) is 11.8 Å². The molecule has 6 nitrogen and oxygen atoms in total. The second-order valence-corrected chi connectivity index (χ2v) is 6.91. The van der Waals surface area contributed by atoms with Crippen molar-refractivity contribution in [2.24, 2.45) is 0 Å². The zero-order valence-electron chi connectivity index (χ0n) is 16.6. The Kier molecular flexibility index (Phi) is 6.49. The maximum Gasteiger partial charge on any atom is 0.288 e. The number of nitrogens with zero attached hydrogens (tertiary/aromatic N) is 3. The van der Waals surface area contributed by atoms with E-state index < -0.39 is 0 Å². The molecular formula is C21H25N3O3S. The molecule has 0 bridgehead atoms. The number of methoxy groups -OCH3 is 1. The van der Waals surface area contributed by atoms with Crippen molar-refractivity contribution in [2.45, 2.75) is 27.1 Å². The van der Waals surface area contributed by atoms with Gasteiger partial charge in [-0.3, -0.25) is 4.90 Å². The minimum Gasteiger partial charge on any atom is -0.493 e. The monoisotopic (exact) mass is 399 g/mol. The average molecular weight is 400 g/mol. The number of ether oxygens (including phenoxy) is 2. The molecule has 0 amide bonds. The lowest BCUT2D eigenvalue weighted by molar-refractivity contribution is 0.240. The lowest BCUT2D eigenvalue weighted by atomic mass is 10.1. The number of rotatable bonds is 8. The molecule has 0 spiro atoms. The lowest BCUT2D eigenvalue weighted by Gasteiger charge is -2.17. The van der Waals surface area contributed by atoms with E-state index in [1.165, 1.54) is 0 Å². The second kappa shape index (κ2) is 9.03. The van der Waals surface area contributed by atoms with Gasteiger partial charge in [0.1, 0.15) is 0 Å². The number of aryl methyl sites for hydroxylation is 1. The van der Waals surface area contributed by atoms with Crippen molar-refractivity contribution in [3.8, 4) is 23.0 Å². The molecule has 1 heterocycles. The molecule has 0 atom stereocenters. The summed E-state index contributed by atoms with van der Waals surface area (Å²) in [6, 6.07) is 13.9. The Balaban J connectivity index is 1.73. The van der Waals surface area contributed by atoms with Crippen molar-refractivity contribution in [1.29, 1.82) is 0 Å². The lowest BCUT2D eigenvalue weighted by Crippen LogP contribution is -2.22. The minimum absolute atomic E-state index is 0.356. The topological polar surface area (TPSA) is 52.7 Å². The van der Waals surface area contributed by atoms with Crippen molar-refractivity contribution in [1.82, 2.24) is 14.7 Å². The van der Waals surface area contributed by atoms with E-state index in [-0.39, 0.29) is 0 Å². The third-order valence-electron chi connectivity index (χ3n) is 4.34. The summed E-state index contributed by atoms with van der Waals surface area (Å²) >= 11 is 5.36. The van der Waals surface area contributed by atoms with Gasteiger partial charge in [0.25, 0.3) is 4.84 Å². The molecular weight excluding hydrogens is 374 g/mol. The van der Waals surface area contributed by atoms with Gasteiger partial charge in [0, 0.05) is 12.1 Å². The predicted octanol–water partition coefficient (Wildman–Crippen LogP) is 4.68. The van der Waals surface area contributed by atoms with Crippen LogP contribution < -0.4 is 9.47 Å². The fourth-order valence-corrected chi connectivity index (χ4v) is 3.17. The Morgan fingerprint density at radius 2 is 1.96 bits per heavy atom. The summed E-state index contributed by atoms with van der Waals surface area (Å²) in [5.74, 6) is 2.02. The molecule has 0 fully saturated rings. The first-order chi connectivity index (χ1) is 13.5. The summed E-state index contributed by atoms with van der Waals surface area (Å²) in [7, 11) is 3.65. The van der Waals surface area contributed by atoms with E-state index >= 15 is 0 Å². The van der Waals surface area contributed by atoms with Crippen molar-refractivity contribution >= 4 is 12.2 Å². The van der Waals surface area contributed by atoms with Crippen LogP contribution in [0.25, 0.3) is 11.5 Å². The largest absolute Gasteiger partial charge is 0.493 e. The van der Waals surface area contributed by atoms with E-state index in [4.69, 9.17) is 26.1 Å². The minimum atomic E-state index is 0.356. The fourth-order valence-electron chi connectivity index (χ4n) is 2.99. The Morgan fingerprint density at radius 3 is 2.68 bits per heavy atom. The summed E-state index contributed by atoms with van der Waals surface area (Å²) in [6.07, 6.45) is 0. The molecule has 0 N–H and O–H groups in total. The highest BCUT2D eigenvalue weighted by molar-refractivity contribution is 7.71. The first kappa shape index (κ1) is 20.1. The van der Waals surface area contributed by atoms with Crippen molar-refractivity contribution < 1.29 is 13.9 Å². The summed E-state index contributed by atoms with van der Waals surface area (Å²) in [4.78, 5) is 2.46. The van der Waals surface area contributed by atoms with Gasteiger partial charge in [-0.05, 0) is 62.4 Å². The van der Waals surface area contributed by atoms with Gasteiger partial charge in [0.15, 0.2) is 11.5 Å². The number of hydrogen-bond acceptors (Lipinski definition) is 6. The Hall–Kier alpha value is -2.64. The molecule has 0 saturated carbocycles. The van der Waals surface area contributed by atoms with Crippen molar-refractivity contribution in [2.75, 3.05) is 20.8 Å². The highest BCUT2D eigenvalue weighted by Gasteiger charge is 2.12. The molecule has 1 aromatic heterocycles. The smallest absolute Gasteiger partial charge is 0.288 e. The van der Waals surface area contributed by atoms with Crippen LogP contribution in [-0.2, 0) is 13.2 Å². The SMILES string of the molecule is CCOc1ccc(CN(C)Cn2nc(-c3ccccc3C)oc2=S)cc1OC. The van der Waals surface area contributed by atoms with E-state index in [9.17, 15) is 0 Å². The van der Waals surface area contributed by atoms with Gasteiger partial charge in [-0.25, -0.2) is 4.68 Å². The molecule has 0 radical (unpaired) electrons. The maximum absolute atomic E-state index is 5.72. The quantitative estimate of drug-likeness (QED) is 0.513. The van der Waals surface area contributed by atoms with Crippen LogP contribution >= 0.6 is 12.2 Å². The zero-order chi connectivity index (χ0) is 20.1. The second-order valence-electron chi connectivity index (χ2n) is 6.56. The molecule has 2 aromatic carbocycles. The molecule has 3 rings (SSSR count). The normalized spacial score (nSPS) is 11.0. The molecule has 3 aromatic rings. The standard InChI is InChI=1S/C21H25N3O3S/c1-5-26-18-11-10-16(12-19(18)25-4)13-23(3)14-24-21(28)27-20(22-24)17-9-7-6-8-15(17)2/h6-12H,5,13-14H2,1-4H3. The van der Waals surface area contributed by atoms with Crippen LogP contribution in [0, 0.1) is 11.8 Å². The van der Waals surface area contributed by atoms with Gasteiger partial charge in [0.2, 0.25) is 5.89 Å². The summed E-state index contributed by atoms with van der Waals surface area (Å²) in [5, 5.41) is 4.55. The van der Waals surface area contributed by atoms with Gasteiger partial charge >= 0.3 is 0 Å². The van der Waals surface area contributed by atoms with Gasteiger partial charge in [0.05, 0.1) is 20.4 Å². The summed E-state index contributed by atoms with van der Waals surface area (Å²) < 4.78 is 18.4. The first-order valence-corrected chi connectivity index (χ1v) is 9.54. The molecule has 0 aliphatic carbocycles. The Bertz CT molecular complexity index is 997. The van der Waals surface area contributed by atoms with Gasteiger partial charge in [-0.2, -0.15) is 0 Å². The van der Waals surface area contributed by atoms with E-state index in [0.717, 1.165) is 28.2 Å². The number of benzene rings is 2. The zero-order valence-corrected chi connectivity index (χ0v) is 17.5. The van der Waals surface area contributed by atoms with Crippen LogP contribution in [0.3, 0.4) is 0 Å². The van der Waals surface area contributed by atoms with Gasteiger partial charge < -0.3 is 13.9 Å². The molecule has 28 heavy (non-hydrogen) atoms. The number of aromatic nitrogens is 2. The maximum atomic E-state index is 5.72. The molecule has 0 aliphatic heterocycles. The summed E-state index contributed by atoms with van der Waals surface area (Å²) in [6.45, 7) is 5.80. The highest BCUT2D eigenvalue weighted by atomic mass is 32.1. The van der Waals surface area contributed by atoms with E-state index in [0.29, 0.717) is 30.5 Å². The van der Waals surface area contributed by atoms with Crippen molar-refractivity contribution in [3.05, 3.63) is 58.4 Å². The van der Waals surface area contributed by atoms with Crippen LogP contribution in [0.5, 0.6) is 11.5 Å². The number of hydrogen-bond donors (Lipinski definition) is 0. The van der Waals surface area contributed by atoms with Crippen LogP contribution in [0.15, 0.2) is 46.9 Å². The molecule has 0 aliphatic rings. The third kappa shape index (κ3) is 4.61. The Labute approximate surface area is 170 Å². The van der Waals surface area contributed by atoms with Crippen LogP contribution in [-0.4, -0.2) is 35.4 Å². The van der Waals surface area contributed by atoms with E-state index in [2.05, 4.69) is 10.00 Å². The molecule has 148 valence electrons. The highest BCUT2D eigenvalue weighted by Crippen LogP contribution is 2.28. The van der Waals surface area contributed by atoms with Gasteiger partial charge in [-0.1, -0.05) is 24.3 Å². The summed E-state index contributed by atoms with van der Waals surface area (Å²) in [5.41, 5.74) is 3.16. The van der Waals surface area contributed by atoms with Crippen molar-refractivity contribution in [3.63, 3.8) is 0 Å². The Morgan fingerprint density at radius 1 is 1.18 bits per heavy atom. The third-order valence-corrected chi connectivity index (χ3v) is 4.63. The van der Waals surface area contributed by atoms with Crippen LogP contribution in [0.4, 0.5) is 0 Å².